The van der Waals surface area contributed by atoms with Gasteiger partial charge in [0, 0.05) is 18.1 Å². The maximum absolute atomic E-state index is 12.2. The molecule has 2 N–H and O–H groups in total. The number of aromatic nitrogens is 1. The van der Waals surface area contributed by atoms with Gasteiger partial charge >= 0.3 is 0 Å². The summed E-state index contributed by atoms with van der Waals surface area (Å²) < 4.78 is -1.72. The molecule has 4 nitrogen and oxygen atoms in total. The number of carbonyl (C=O) groups excluding carboxylic acids is 1. The standard InChI is InChI=1S/C15H14Cl3N3O/c1-10-5-2-3-7-12(10)20-14(15(16,17)18)21-13(22)11-6-4-8-19-9-11/h2-9,14,20H,1H3,(H,21,22)/t14-/m0/s1. The van der Waals surface area contributed by atoms with Crippen molar-refractivity contribution in [2.24, 2.45) is 0 Å². The number of para-hydroxylation sites is 1. The first kappa shape index (κ1) is 16.9. The minimum Gasteiger partial charge on any atom is -0.362 e. The monoisotopic (exact) mass is 357 g/mol. The van der Waals surface area contributed by atoms with Crippen LogP contribution < -0.4 is 10.6 Å². The molecule has 2 rings (SSSR count). The Kier molecular flexibility index (Phi) is 5.51. The lowest BCUT2D eigenvalue weighted by atomic mass is 10.2. The number of benzene rings is 1. The number of halogens is 3. The molecule has 0 saturated carbocycles. The highest BCUT2D eigenvalue weighted by Crippen LogP contribution is 2.31. The second kappa shape index (κ2) is 7.18. The van der Waals surface area contributed by atoms with Crippen molar-refractivity contribution in [3.8, 4) is 0 Å². The average Bonchev–Trinajstić information content (AvgIpc) is 2.48. The van der Waals surface area contributed by atoms with Crippen molar-refractivity contribution in [2.45, 2.75) is 16.9 Å². The van der Waals surface area contributed by atoms with Crippen LogP contribution >= 0.6 is 34.8 Å². The van der Waals surface area contributed by atoms with Crippen molar-refractivity contribution in [3.05, 3.63) is 59.9 Å². The van der Waals surface area contributed by atoms with Crippen LogP contribution in [0.25, 0.3) is 0 Å². The lowest BCUT2D eigenvalue weighted by Gasteiger charge is -2.28. The lowest BCUT2D eigenvalue weighted by Crippen LogP contribution is -2.49. The minimum atomic E-state index is -1.72. The molecule has 1 heterocycles. The third-order valence-corrected chi connectivity index (χ3v) is 3.63. The first-order valence-electron chi connectivity index (χ1n) is 6.47. The van der Waals surface area contributed by atoms with Crippen molar-refractivity contribution in [2.75, 3.05) is 5.32 Å². The normalized spacial score (nSPS) is 12.5. The Balaban J connectivity index is 2.18. The summed E-state index contributed by atoms with van der Waals surface area (Å²) in [6.07, 6.45) is 2.12. The van der Waals surface area contributed by atoms with E-state index in [9.17, 15) is 4.79 Å². The average molecular weight is 359 g/mol. The number of amides is 1. The molecule has 1 aromatic heterocycles. The number of nitrogens with one attached hydrogen (secondary N) is 2. The summed E-state index contributed by atoms with van der Waals surface area (Å²) in [7, 11) is 0. The molecule has 7 heteroatoms. The first-order chi connectivity index (χ1) is 10.4. The van der Waals surface area contributed by atoms with Gasteiger partial charge in [0.25, 0.3) is 5.91 Å². The fraction of sp³-hybridized carbons (Fsp3) is 0.200. The SMILES string of the molecule is Cc1ccccc1N[C@@H](NC(=O)c1cccnc1)C(Cl)(Cl)Cl. The van der Waals surface area contributed by atoms with Gasteiger partial charge in [0.2, 0.25) is 3.79 Å². The lowest BCUT2D eigenvalue weighted by molar-refractivity contribution is 0.0941. The number of aryl methyl sites for hydroxylation is 1. The van der Waals surface area contributed by atoms with Crippen LogP contribution in [0.3, 0.4) is 0 Å². The van der Waals surface area contributed by atoms with Gasteiger partial charge in [0.1, 0.15) is 6.17 Å². The van der Waals surface area contributed by atoms with E-state index in [2.05, 4.69) is 15.6 Å². The molecular weight excluding hydrogens is 345 g/mol. The summed E-state index contributed by atoms with van der Waals surface area (Å²) in [6.45, 7) is 1.92. The van der Waals surface area contributed by atoms with Crippen LogP contribution in [-0.4, -0.2) is 20.8 Å². The number of alkyl halides is 3. The third kappa shape index (κ3) is 4.50. The van der Waals surface area contributed by atoms with Crippen molar-refractivity contribution < 1.29 is 4.79 Å². The number of hydrogen-bond acceptors (Lipinski definition) is 3. The largest absolute Gasteiger partial charge is 0.362 e. The van der Waals surface area contributed by atoms with E-state index >= 15 is 0 Å². The van der Waals surface area contributed by atoms with E-state index in [-0.39, 0.29) is 5.91 Å². The second-order valence-electron chi connectivity index (χ2n) is 4.65. The molecule has 0 spiro atoms. The molecule has 2 aromatic rings. The summed E-state index contributed by atoms with van der Waals surface area (Å²) >= 11 is 17.9. The second-order valence-corrected chi connectivity index (χ2v) is 7.02. The molecule has 116 valence electrons. The van der Waals surface area contributed by atoms with Crippen LogP contribution in [0.15, 0.2) is 48.8 Å². The number of rotatable bonds is 4. The molecule has 0 radical (unpaired) electrons. The van der Waals surface area contributed by atoms with Crippen LogP contribution in [0.5, 0.6) is 0 Å². The van der Waals surface area contributed by atoms with Gasteiger partial charge in [-0.1, -0.05) is 53.0 Å². The van der Waals surface area contributed by atoms with Gasteiger partial charge in [-0.2, -0.15) is 0 Å². The molecule has 1 atom stereocenters. The topological polar surface area (TPSA) is 54.0 Å². The summed E-state index contributed by atoms with van der Waals surface area (Å²) in [5, 5.41) is 5.70. The number of carbonyl (C=O) groups is 1. The number of pyridine rings is 1. The Labute approximate surface area is 143 Å². The molecule has 0 aliphatic rings. The van der Waals surface area contributed by atoms with Crippen molar-refractivity contribution in [1.29, 1.82) is 0 Å². The van der Waals surface area contributed by atoms with Crippen LogP contribution in [0.2, 0.25) is 0 Å². The van der Waals surface area contributed by atoms with Crippen molar-refractivity contribution in [1.82, 2.24) is 10.3 Å². The van der Waals surface area contributed by atoms with E-state index in [1.807, 2.05) is 31.2 Å². The molecule has 0 unspecified atom stereocenters. The summed E-state index contributed by atoms with van der Waals surface area (Å²) in [6, 6.07) is 10.8. The molecule has 1 amide bonds. The fourth-order valence-electron chi connectivity index (χ4n) is 1.80. The zero-order valence-electron chi connectivity index (χ0n) is 11.7. The molecule has 0 aliphatic heterocycles. The minimum absolute atomic E-state index is 0.383. The van der Waals surface area contributed by atoms with Gasteiger partial charge in [-0.05, 0) is 30.7 Å². The van der Waals surface area contributed by atoms with E-state index in [1.165, 1.54) is 6.20 Å². The predicted molar refractivity (Wildman–Crippen MR) is 90.6 cm³/mol. The van der Waals surface area contributed by atoms with Gasteiger partial charge in [0.05, 0.1) is 5.56 Å². The third-order valence-electron chi connectivity index (χ3n) is 2.97. The summed E-state index contributed by atoms with van der Waals surface area (Å²) in [5.41, 5.74) is 2.12. The van der Waals surface area contributed by atoms with E-state index in [0.29, 0.717) is 5.56 Å². The van der Waals surface area contributed by atoms with Crippen LogP contribution in [0.1, 0.15) is 15.9 Å². The number of hydrogen-bond donors (Lipinski definition) is 2. The van der Waals surface area contributed by atoms with Gasteiger partial charge < -0.3 is 10.6 Å². The number of anilines is 1. The first-order valence-corrected chi connectivity index (χ1v) is 7.61. The molecule has 1 aromatic carbocycles. The highest BCUT2D eigenvalue weighted by molar-refractivity contribution is 6.68. The predicted octanol–water partition coefficient (Wildman–Crippen LogP) is 3.93. The molecule has 0 fully saturated rings. The maximum atomic E-state index is 12.2. The Morgan fingerprint density at radius 2 is 1.91 bits per heavy atom. The zero-order valence-corrected chi connectivity index (χ0v) is 14.0. The van der Waals surface area contributed by atoms with Crippen molar-refractivity contribution >= 4 is 46.4 Å². The van der Waals surface area contributed by atoms with Gasteiger partial charge in [0.15, 0.2) is 0 Å². The van der Waals surface area contributed by atoms with Crippen LogP contribution in [0.4, 0.5) is 5.69 Å². The van der Waals surface area contributed by atoms with Crippen molar-refractivity contribution in [3.63, 3.8) is 0 Å². The van der Waals surface area contributed by atoms with E-state index < -0.39 is 9.96 Å². The molecule has 0 saturated heterocycles. The fourth-order valence-corrected chi connectivity index (χ4v) is 2.13. The highest BCUT2D eigenvalue weighted by atomic mass is 35.6. The van der Waals surface area contributed by atoms with Crippen LogP contribution in [-0.2, 0) is 0 Å². The summed E-state index contributed by atoms with van der Waals surface area (Å²) in [4.78, 5) is 16.1. The Morgan fingerprint density at radius 3 is 2.50 bits per heavy atom. The van der Waals surface area contributed by atoms with Gasteiger partial charge in [-0.3, -0.25) is 9.78 Å². The molecule has 0 bridgehead atoms. The Bertz CT molecular complexity index is 644. The van der Waals surface area contributed by atoms with Gasteiger partial charge in [-0.15, -0.1) is 0 Å². The van der Waals surface area contributed by atoms with E-state index in [4.69, 9.17) is 34.8 Å². The van der Waals surface area contributed by atoms with Gasteiger partial charge in [-0.25, -0.2) is 0 Å². The quantitative estimate of drug-likeness (QED) is 0.643. The molecular formula is C15H14Cl3N3O. The summed E-state index contributed by atoms with van der Waals surface area (Å²) in [5.74, 6) is -0.384. The molecule has 22 heavy (non-hydrogen) atoms. The zero-order chi connectivity index (χ0) is 16.2. The van der Waals surface area contributed by atoms with E-state index in [0.717, 1.165) is 11.3 Å². The smallest absolute Gasteiger partial charge is 0.254 e. The Morgan fingerprint density at radius 1 is 1.18 bits per heavy atom. The maximum Gasteiger partial charge on any atom is 0.254 e. The molecule has 0 aliphatic carbocycles. The highest BCUT2D eigenvalue weighted by Gasteiger charge is 2.34. The Hall–Kier alpha value is -1.49. The number of nitrogens with zero attached hydrogens (tertiary/aromatic N) is 1. The van der Waals surface area contributed by atoms with E-state index in [1.54, 1.807) is 18.3 Å². The van der Waals surface area contributed by atoms with Crippen LogP contribution in [0, 0.1) is 6.92 Å².